The Labute approximate surface area is 172 Å². The number of nitrogens with one attached hydrogen (secondary N) is 1. The average Bonchev–Trinajstić information content (AvgIpc) is 2.76. The van der Waals surface area contributed by atoms with Crippen LogP contribution in [0.1, 0.15) is 43.2 Å². The summed E-state index contributed by atoms with van der Waals surface area (Å²) >= 11 is 0. The molecule has 1 saturated heterocycles. The Kier molecular flexibility index (Phi) is 7.39. The smallest absolute Gasteiger partial charge is 0.227 e. The molecule has 0 bridgehead atoms. The summed E-state index contributed by atoms with van der Waals surface area (Å²) in [5.41, 5.74) is 2.02. The summed E-state index contributed by atoms with van der Waals surface area (Å²) in [6.45, 7) is 3.86. The summed E-state index contributed by atoms with van der Waals surface area (Å²) < 4.78 is 13.0. The Morgan fingerprint density at radius 2 is 1.86 bits per heavy atom. The highest BCUT2D eigenvalue weighted by atomic mass is 19.1. The molecule has 5 heteroatoms. The Morgan fingerprint density at radius 1 is 1.14 bits per heavy atom. The lowest BCUT2D eigenvalue weighted by molar-refractivity contribution is -0.135. The number of rotatable bonds is 7. The number of hydrogen-bond donors (Lipinski definition) is 1. The van der Waals surface area contributed by atoms with Gasteiger partial charge < -0.3 is 10.2 Å². The maximum Gasteiger partial charge on any atom is 0.227 e. The third-order valence-corrected chi connectivity index (χ3v) is 5.70. The zero-order valence-electron chi connectivity index (χ0n) is 16.9. The van der Waals surface area contributed by atoms with Crippen molar-refractivity contribution in [2.24, 2.45) is 5.92 Å². The lowest BCUT2D eigenvalue weighted by atomic mass is 9.94. The van der Waals surface area contributed by atoms with E-state index in [4.69, 9.17) is 0 Å². The van der Waals surface area contributed by atoms with E-state index in [2.05, 4.69) is 24.4 Å². The predicted octanol–water partition coefficient (Wildman–Crippen LogP) is 3.92. The van der Waals surface area contributed by atoms with Gasteiger partial charge in [0.1, 0.15) is 5.82 Å². The van der Waals surface area contributed by atoms with E-state index in [9.17, 15) is 14.0 Å². The van der Waals surface area contributed by atoms with E-state index < -0.39 is 0 Å². The molecule has 4 nitrogen and oxygen atoms in total. The molecule has 0 saturated carbocycles. The topological polar surface area (TPSA) is 49.4 Å². The molecule has 2 aromatic rings. The van der Waals surface area contributed by atoms with Crippen LogP contribution in [0, 0.1) is 11.7 Å². The molecule has 0 aliphatic carbocycles. The molecule has 2 aromatic carbocycles. The van der Waals surface area contributed by atoms with Crippen molar-refractivity contribution < 1.29 is 14.0 Å². The van der Waals surface area contributed by atoms with Crippen molar-refractivity contribution >= 4 is 11.8 Å². The number of nitrogens with zero attached hydrogens (tertiary/aromatic N) is 1. The third kappa shape index (κ3) is 5.89. The fraction of sp³-hybridized carbons (Fsp3) is 0.417. The van der Waals surface area contributed by atoms with Crippen molar-refractivity contribution in [3.63, 3.8) is 0 Å². The second-order valence-corrected chi connectivity index (χ2v) is 7.74. The van der Waals surface area contributed by atoms with Crippen molar-refractivity contribution in [1.29, 1.82) is 0 Å². The summed E-state index contributed by atoms with van der Waals surface area (Å²) in [4.78, 5) is 27.1. The quantitative estimate of drug-likeness (QED) is 0.771. The second-order valence-electron chi connectivity index (χ2n) is 7.74. The minimum atomic E-state index is -0.309. The minimum absolute atomic E-state index is 0.00942. The number of benzene rings is 2. The van der Waals surface area contributed by atoms with Crippen LogP contribution < -0.4 is 5.32 Å². The minimum Gasteiger partial charge on any atom is -0.355 e. The molecule has 2 unspecified atom stereocenters. The van der Waals surface area contributed by atoms with Crippen LogP contribution in [0.2, 0.25) is 0 Å². The fourth-order valence-corrected chi connectivity index (χ4v) is 3.90. The number of hydrogen-bond acceptors (Lipinski definition) is 2. The van der Waals surface area contributed by atoms with Gasteiger partial charge in [-0.05, 0) is 42.5 Å². The molecular weight excluding hydrogens is 367 g/mol. The summed E-state index contributed by atoms with van der Waals surface area (Å²) in [6, 6.07) is 16.2. The van der Waals surface area contributed by atoms with Crippen LogP contribution in [0.3, 0.4) is 0 Å². The molecule has 3 rings (SSSR count). The third-order valence-electron chi connectivity index (χ3n) is 5.70. The molecule has 1 fully saturated rings. The zero-order valence-corrected chi connectivity index (χ0v) is 16.9. The van der Waals surface area contributed by atoms with Gasteiger partial charge in [-0.3, -0.25) is 9.59 Å². The Hall–Kier alpha value is -2.69. The highest BCUT2D eigenvalue weighted by molar-refractivity contribution is 5.82. The number of halogens is 1. The van der Waals surface area contributed by atoms with E-state index in [1.165, 1.54) is 17.7 Å². The SMILES string of the molecule is CCC(CNC(=O)C1CCCN(C(=O)Cc2ccc(F)cc2)C1)c1ccccc1. The van der Waals surface area contributed by atoms with Gasteiger partial charge in [0.15, 0.2) is 0 Å². The average molecular weight is 397 g/mol. The Morgan fingerprint density at radius 3 is 2.55 bits per heavy atom. The fourth-order valence-electron chi connectivity index (χ4n) is 3.90. The normalized spacial score (nSPS) is 17.6. The zero-order chi connectivity index (χ0) is 20.6. The Bertz CT molecular complexity index is 807. The molecule has 1 N–H and O–H groups in total. The Balaban J connectivity index is 1.52. The van der Waals surface area contributed by atoms with Crippen molar-refractivity contribution in [1.82, 2.24) is 10.2 Å². The first-order chi connectivity index (χ1) is 14.1. The van der Waals surface area contributed by atoms with Gasteiger partial charge in [0.2, 0.25) is 11.8 Å². The van der Waals surface area contributed by atoms with Gasteiger partial charge in [-0.25, -0.2) is 4.39 Å². The van der Waals surface area contributed by atoms with Crippen LogP contribution in [-0.4, -0.2) is 36.3 Å². The molecule has 2 amide bonds. The van der Waals surface area contributed by atoms with Gasteiger partial charge in [-0.1, -0.05) is 49.4 Å². The molecule has 0 spiro atoms. The highest BCUT2D eigenvalue weighted by Gasteiger charge is 2.28. The van der Waals surface area contributed by atoms with Crippen LogP contribution in [-0.2, 0) is 16.0 Å². The first-order valence-electron chi connectivity index (χ1n) is 10.4. The van der Waals surface area contributed by atoms with Gasteiger partial charge >= 0.3 is 0 Å². The largest absolute Gasteiger partial charge is 0.355 e. The molecule has 29 heavy (non-hydrogen) atoms. The summed E-state index contributed by atoms with van der Waals surface area (Å²) in [7, 11) is 0. The predicted molar refractivity (Wildman–Crippen MR) is 112 cm³/mol. The number of likely N-dealkylation sites (tertiary alicyclic amines) is 1. The van der Waals surface area contributed by atoms with Crippen LogP contribution in [0.25, 0.3) is 0 Å². The molecule has 1 heterocycles. The molecule has 0 radical (unpaired) electrons. The van der Waals surface area contributed by atoms with E-state index >= 15 is 0 Å². The van der Waals surface area contributed by atoms with Gasteiger partial charge in [-0.15, -0.1) is 0 Å². The van der Waals surface area contributed by atoms with Gasteiger partial charge in [0, 0.05) is 25.6 Å². The van der Waals surface area contributed by atoms with Gasteiger partial charge in [0.05, 0.1) is 12.3 Å². The number of amides is 2. The van der Waals surface area contributed by atoms with Crippen molar-refractivity contribution in [3.05, 3.63) is 71.5 Å². The van der Waals surface area contributed by atoms with Crippen LogP contribution in [0.15, 0.2) is 54.6 Å². The molecule has 154 valence electrons. The van der Waals surface area contributed by atoms with Crippen LogP contribution in [0.5, 0.6) is 0 Å². The van der Waals surface area contributed by atoms with Crippen molar-refractivity contribution in [2.45, 2.75) is 38.5 Å². The van der Waals surface area contributed by atoms with E-state index in [0.717, 1.165) is 24.8 Å². The van der Waals surface area contributed by atoms with Crippen molar-refractivity contribution in [2.75, 3.05) is 19.6 Å². The van der Waals surface area contributed by atoms with Gasteiger partial charge in [0.25, 0.3) is 0 Å². The summed E-state index contributed by atoms with van der Waals surface area (Å²) in [5.74, 6) is -0.172. The lowest BCUT2D eigenvalue weighted by Gasteiger charge is -2.32. The van der Waals surface area contributed by atoms with Gasteiger partial charge in [-0.2, -0.15) is 0 Å². The molecular formula is C24H29FN2O2. The van der Waals surface area contributed by atoms with Crippen molar-refractivity contribution in [3.8, 4) is 0 Å². The highest BCUT2D eigenvalue weighted by Crippen LogP contribution is 2.20. The number of piperidine rings is 1. The van der Waals surface area contributed by atoms with Crippen LogP contribution in [0.4, 0.5) is 4.39 Å². The standard InChI is InChI=1S/C24H29FN2O2/c1-2-19(20-7-4-3-5-8-20)16-26-24(29)21-9-6-14-27(17-21)23(28)15-18-10-12-22(25)13-11-18/h3-5,7-8,10-13,19,21H,2,6,9,14-17H2,1H3,(H,26,29). The first-order valence-corrected chi connectivity index (χ1v) is 10.4. The van der Waals surface area contributed by atoms with E-state index in [0.29, 0.717) is 25.6 Å². The van der Waals surface area contributed by atoms with E-state index in [-0.39, 0.29) is 30.0 Å². The molecule has 1 aliphatic rings. The molecule has 0 aromatic heterocycles. The maximum absolute atomic E-state index is 13.0. The monoisotopic (exact) mass is 396 g/mol. The van der Waals surface area contributed by atoms with E-state index in [1.54, 1.807) is 17.0 Å². The van der Waals surface area contributed by atoms with Crippen LogP contribution >= 0.6 is 0 Å². The summed E-state index contributed by atoms with van der Waals surface area (Å²) in [5, 5.41) is 3.10. The molecule has 1 aliphatic heterocycles. The number of carbonyl (C=O) groups is 2. The maximum atomic E-state index is 13.0. The second kappa shape index (κ2) is 10.2. The molecule has 2 atom stereocenters. The summed E-state index contributed by atoms with van der Waals surface area (Å²) in [6.07, 6.45) is 2.81. The number of carbonyl (C=O) groups excluding carboxylic acids is 2. The van der Waals surface area contributed by atoms with E-state index in [1.807, 2.05) is 18.2 Å². The first kappa shape index (κ1) is 21.0. The lowest BCUT2D eigenvalue weighted by Crippen LogP contribution is -2.46.